The van der Waals surface area contributed by atoms with E-state index in [9.17, 15) is 0 Å². The lowest BCUT2D eigenvalue weighted by molar-refractivity contribution is 0.804. The second-order valence-corrected chi connectivity index (χ2v) is 6.96. The summed E-state index contributed by atoms with van der Waals surface area (Å²) in [5.74, 6) is 2.04. The predicted octanol–water partition coefficient (Wildman–Crippen LogP) is 2.27. The molecule has 0 spiro atoms. The Bertz CT molecular complexity index is 1360. The number of nitrogens with zero attached hydrogens (tertiary/aromatic N) is 5. The summed E-state index contributed by atoms with van der Waals surface area (Å²) < 4.78 is 5.66. The van der Waals surface area contributed by atoms with Gasteiger partial charge in [0.25, 0.3) is 0 Å². The van der Waals surface area contributed by atoms with E-state index in [4.69, 9.17) is 22.3 Å². The smallest absolute Gasteiger partial charge is 0.181 e. The van der Waals surface area contributed by atoms with Crippen molar-refractivity contribution in [3.05, 3.63) is 72.3 Å². The molecule has 0 aliphatic carbocycles. The maximum Gasteiger partial charge on any atom is 0.181 e. The first-order valence-corrected chi connectivity index (χ1v) is 9.27. The average Bonchev–Trinajstić information content (AvgIpc) is 3.40. The maximum absolute atomic E-state index is 8.00. The van der Waals surface area contributed by atoms with E-state index >= 15 is 0 Å². The molecule has 0 fully saturated rings. The molecule has 0 atom stereocenters. The van der Waals surface area contributed by atoms with Crippen LogP contribution in [0.3, 0.4) is 0 Å². The van der Waals surface area contributed by atoms with Crippen LogP contribution in [0.25, 0.3) is 33.7 Å². The van der Waals surface area contributed by atoms with Crippen molar-refractivity contribution in [3.8, 4) is 11.6 Å². The van der Waals surface area contributed by atoms with E-state index in [1.807, 2.05) is 81.4 Å². The fourth-order valence-electron chi connectivity index (χ4n) is 3.82. The van der Waals surface area contributed by atoms with E-state index in [1.165, 1.54) is 0 Å². The number of nitrogens with one attached hydrogen (secondary N) is 2. The van der Waals surface area contributed by atoms with Crippen LogP contribution < -0.4 is 11.5 Å². The van der Waals surface area contributed by atoms with E-state index in [0.29, 0.717) is 11.6 Å². The molecule has 6 N–H and O–H groups in total. The van der Waals surface area contributed by atoms with Gasteiger partial charge in [-0.1, -0.05) is 24.3 Å². The number of fused-ring (bicyclic) bond motifs is 2. The van der Waals surface area contributed by atoms with Crippen molar-refractivity contribution in [2.45, 2.75) is 0 Å². The molecule has 5 aromatic rings. The minimum Gasteiger partial charge on any atom is -0.381 e. The number of para-hydroxylation sites is 4. The van der Waals surface area contributed by atoms with Gasteiger partial charge in [-0.15, -0.1) is 0 Å². The van der Waals surface area contributed by atoms with Crippen molar-refractivity contribution in [1.29, 1.82) is 10.8 Å². The minimum atomic E-state index is -0.119. The van der Waals surface area contributed by atoms with Gasteiger partial charge in [0.05, 0.1) is 22.1 Å². The third-order valence-electron chi connectivity index (χ3n) is 5.13. The highest BCUT2D eigenvalue weighted by molar-refractivity contribution is 5.97. The quantitative estimate of drug-likeness (QED) is 0.273. The summed E-state index contributed by atoms with van der Waals surface area (Å²) in [6.07, 6.45) is 0. The van der Waals surface area contributed by atoms with Crippen molar-refractivity contribution in [3.63, 3.8) is 0 Å². The summed E-state index contributed by atoms with van der Waals surface area (Å²) in [7, 11) is 1.90. The van der Waals surface area contributed by atoms with E-state index in [1.54, 1.807) is 0 Å². The van der Waals surface area contributed by atoms with Gasteiger partial charge in [0.1, 0.15) is 11.6 Å². The van der Waals surface area contributed by atoms with Crippen LogP contribution in [0.5, 0.6) is 0 Å². The second kappa shape index (κ2) is 6.31. The van der Waals surface area contributed by atoms with Crippen LogP contribution in [-0.2, 0) is 7.05 Å². The average molecular weight is 397 g/mol. The molecule has 0 radical (unpaired) electrons. The number of nitrogen functional groups attached to an aromatic ring is 2. The zero-order chi connectivity index (χ0) is 21.0. The van der Waals surface area contributed by atoms with Crippen LogP contribution in [0.1, 0.15) is 11.6 Å². The van der Waals surface area contributed by atoms with E-state index in [-0.39, 0.29) is 11.7 Å². The molecular formula is C21H19N9. The summed E-state index contributed by atoms with van der Waals surface area (Å²) in [5, 5.41) is 16.0. The Hall–Kier alpha value is -4.40. The Kier molecular flexibility index (Phi) is 3.72. The largest absolute Gasteiger partial charge is 0.381 e. The number of benzene rings is 2. The van der Waals surface area contributed by atoms with Gasteiger partial charge in [0, 0.05) is 7.05 Å². The second-order valence-electron chi connectivity index (χ2n) is 6.96. The number of nitrogens with two attached hydrogens (primary N) is 2. The van der Waals surface area contributed by atoms with Crippen LogP contribution in [0, 0.1) is 10.8 Å². The molecule has 2 aromatic carbocycles. The molecule has 3 heterocycles. The molecule has 3 aromatic heterocycles. The summed E-state index contributed by atoms with van der Waals surface area (Å²) in [5.41, 5.74) is 14.9. The van der Waals surface area contributed by atoms with Gasteiger partial charge in [0.15, 0.2) is 23.3 Å². The third-order valence-corrected chi connectivity index (χ3v) is 5.13. The van der Waals surface area contributed by atoms with Crippen molar-refractivity contribution in [2.75, 3.05) is 0 Å². The third kappa shape index (κ3) is 2.42. The molecule has 0 saturated carbocycles. The maximum atomic E-state index is 8.00. The van der Waals surface area contributed by atoms with E-state index in [0.717, 1.165) is 33.7 Å². The Balaban J connectivity index is 1.81. The first-order valence-electron chi connectivity index (χ1n) is 9.27. The van der Waals surface area contributed by atoms with Gasteiger partial charge < -0.3 is 16.0 Å². The lowest BCUT2D eigenvalue weighted by Crippen LogP contribution is -2.20. The van der Waals surface area contributed by atoms with Crippen molar-refractivity contribution < 1.29 is 0 Å². The number of hydrogen-bond acceptors (Lipinski definition) is 4. The lowest BCUT2D eigenvalue weighted by atomic mass is 10.3. The van der Waals surface area contributed by atoms with Gasteiger partial charge in [-0.3, -0.25) is 20.0 Å². The molecule has 0 saturated heterocycles. The standard InChI is InChI=1S/C21H19N9/c1-28-16(29-14-8-4-2-6-12(14)26-20(29)18(22)23)10-11-17(28)30-15-9-5-3-7-13(15)27-21(30)19(24)25/h2-11H,1H3,(H3,22,23)(H3,24,25). The molecule has 0 amide bonds. The molecule has 9 heteroatoms. The van der Waals surface area contributed by atoms with E-state index < -0.39 is 0 Å². The molecular weight excluding hydrogens is 378 g/mol. The highest BCUT2D eigenvalue weighted by Gasteiger charge is 2.21. The molecule has 0 aliphatic heterocycles. The molecule has 30 heavy (non-hydrogen) atoms. The zero-order valence-electron chi connectivity index (χ0n) is 16.2. The Morgan fingerprint density at radius 2 is 1.10 bits per heavy atom. The number of rotatable bonds is 4. The van der Waals surface area contributed by atoms with Crippen LogP contribution in [0.2, 0.25) is 0 Å². The Morgan fingerprint density at radius 1 is 0.700 bits per heavy atom. The van der Waals surface area contributed by atoms with Crippen LogP contribution >= 0.6 is 0 Å². The normalized spacial score (nSPS) is 11.4. The number of aromatic nitrogens is 5. The van der Waals surface area contributed by atoms with Gasteiger partial charge in [0.2, 0.25) is 0 Å². The molecule has 9 nitrogen and oxygen atoms in total. The zero-order valence-corrected chi connectivity index (χ0v) is 16.2. The molecule has 148 valence electrons. The van der Waals surface area contributed by atoms with Gasteiger partial charge in [-0.05, 0) is 36.4 Å². The molecule has 0 aliphatic rings. The summed E-state index contributed by atoms with van der Waals surface area (Å²) in [6.45, 7) is 0. The minimum absolute atomic E-state index is 0.119. The van der Waals surface area contributed by atoms with Gasteiger partial charge in [-0.25, -0.2) is 9.97 Å². The Labute approximate surface area is 171 Å². The fraction of sp³-hybridized carbons (Fsp3) is 0.0476. The van der Waals surface area contributed by atoms with Crippen molar-refractivity contribution in [1.82, 2.24) is 23.7 Å². The van der Waals surface area contributed by atoms with Crippen LogP contribution in [0.4, 0.5) is 0 Å². The topological polar surface area (TPSA) is 140 Å². The molecule has 0 unspecified atom stereocenters. The summed E-state index contributed by atoms with van der Waals surface area (Å²) in [6, 6.07) is 19.1. The summed E-state index contributed by atoms with van der Waals surface area (Å²) in [4.78, 5) is 9.05. The summed E-state index contributed by atoms with van der Waals surface area (Å²) >= 11 is 0. The molecule has 5 rings (SSSR count). The SMILES string of the molecule is Cn1c(-n2c(C(=N)N)nc3ccccc32)ccc1-n1c(C(=N)N)nc2ccccc21. The first kappa shape index (κ1) is 17.7. The fourth-order valence-corrected chi connectivity index (χ4v) is 3.82. The van der Waals surface area contributed by atoms with Crippen molar-refractivity contribution >= 4 is 33.7 Å². The number of imidazole rings is 2. The highest BCUT2D eigenvalue weighted by Crippen LogP contribution is 2.27. The lowest BCUT2D eigenvalue weighted by Gasteiger charge is -2.14. The highest BCUT2D eigenvalue weighted by atomic mass is 15.3. The van der Waals surface area contributed by atoms with E-state index in [2.05, 4.69) is 9.97 Å². The predicted molar refractivity (Wildman–Crippen MR) is 117 cm³/mol. The van der Waals surface area contributed by atoms with Crippen LogP contribution in [0.15, 0.2) is 60.7 Å². The van der Waals surface area contributed by atoms with Gasteiger partial charge >= 0.3 is 0 Å². The number of hydrogen-bond donors (Lipinski definition) is 4. The van der Waals surface area contributed by atoms with Crippen molar-refractivity contribution in [2.24, 2.45) is 18.5 Å². The number of amidine groups is 2. The first-order chi connectivity index (χ1) is 14.5. The van der Waals surface area contributed by atoms with Crippen LogP contribution in [-0.4, -0.2) is 35.3 Å². The molecule has 0 bridgehead atoms. The van der Waals surface area contributed by atoms with Gasteiger partial charge in [-0.2, -0.15) is 0 Å². The monoisotopic (exact) mass is 397 g/mol. The Morgan fingerprint density at radius 3 is 1.50 bits per heavy atom.